The first-order valence-corrected chi connectivity index (χ1v) is 10.1. The maximum absolute atomic E-state index is 14.8. The van der Waals surface area contributed by atoms with E-state index in [0.717, 1.165) is 37.4 Å². The average molecular weight is 409 g/mol. The lowest BCUT2D eigenvalue weighted by Gasteiger charge is -2.40. The maximum atomic E-state index is 14.8. The molecule has 1 spiro atoms. The Balaban J connectivity index is 1.36. The molecule has 8 heteroatoms. The summed E-state index contributed by atoms with van der Waals surface area (Å²) >= 11 is 0. The highest BCUT2D eigenvalue weighted by atomic mass is 19.1. The van der Waals surface area contributed by atoms with Crippen LogP contribution in [-0.4, -0.2) is 47.6 Å². The van der Waals surface area contributed by atoms with Crippen molar-refractivity contribution in [3.05, 3.63) is 53.7 Å². The highest BCUT2D eigenvalue weighted by molar-refractivity contribution is 6.06. The topological polar surface area (TPSA) is 70.9 Å². The molecule has 0 bridgehead atoms. The monoisotopic (exact) mass is 409 g/mol. The van der Waals surface area contributed by atoms with Gasteiger partial charge >= 0.3 is 0 Å². The fourth-order valence-corrected chi connectivity index (χ4v) is 4.39. The molecule has 1 atom stereocenters. The van der Waals surface area contributed by atoms with E-state index >= 15 is 0 Å². The van der Waals surface area contributed by atoms with Crippen molar-refractivity contribution in [1.82, 2.24) is 14.7 Å². The number of rotatable bonds is 4. The Labute approximate surface area is 173 Å². The fraction of sp³-hybridized carbons (Fsp3) is 0.364. The fourth-order valence-electron chi connectivity index (χ4n) is 4.39. The zero-order chi connectivity index (χ0) is 20.9. The van der Waals surface area contributed by atoms with Crippen molar-refractivity contribution < 1.29 is 13.9 Å². The molecule has 5 rings (SSSR count). The number of benzene rings is 1. The molecule has 0 radical (unpaired) electrons. The van der Waals surface area contributed by atoms with Crippen LogP contribution in [0.3, 0.4) is 0 Å². The summed E-state index contributed by atoms with van der Waals surface area (Å²) in [6.45, 7) is 4.72. The van der Waals surface area contributed by atoms with E-state index in [2.05, 4.69) is 20.5 Å². The second-order valence-corrected chi connectivity index (χ2v) is 8.15. The first kappa shape index (κ1) is 18.9. The van der Waals surface area contributed by atoms with Crippen LogP contribution >= 0.6 is 0 Å². The summed E-state index contributed by atoms with van der Waals surface area (Å²) in [6, 6.07) is 6.66. The van der Waals surface area contributed by atoms with Gasteiger partial charge in [-0.1, -0.05) is 0 Å². The van der Waals surface area contributed by atoms with Gasteiger partial charge in [-0.25, -0.2) is 9.37 Å². The molecule has 2 aliphatic rings. The Morgan fingerprint density at radius 2 is 2.13 bits per heavy atom. The second-order valence-electron chi connectivity index (χ2n) is 8.15. The first-order valence-electron chi connectivity index (χ1n) is 10.1. The van der Waals surface area contributed by atoms with E-state index in [4.69, 9.17) is 4.74 Å². The molecule has 156 valence electrons. The van der Waals surface area contributed by atoms with Gasteiger partial charge in [-0.3, -0.25) is 4.79 Å². The van der Waals surface area contributed by atoms with Crippen LogP contribution in [-0.2, 0) is 0 Å². The first-order chi connectivity index (χ1) is 14.5. The molecule has 7 nitrogen and oxygen atoms in total. The Hall–Kier alpha value is -3.13. The van der Waals surface area contributed by atoms with Gasteiger partial charge in [0.1, 0.15) is 17.2 Å². The number of hydrogen-bond acceptors (Lipinski definition) is 5. The molecule has 30 heavy (non-hydrogen) atoms. The minimum atomic E-state index is -0.457. The number of carbonyl (C=O) groups is 1. The third-order valence-electron chi connectivity index (χ3n) is 6.16. The van der Waals surface area contributed by atoms with Gasteiger partial charge < -0.3 is 24.7 Å². The van der Waals surface area contributed by atoms with Gasteiger partial charge in [0.05, 0.1) is 24.1 Å². The molecule has 1 aromatic carbocycles. The Bertz CT molecular complexity index is 1140. The number of imidazole rings is 1. The number of halogens is 1. The Morgan fingerprint density at radius 3 is 2.80 bits per heavy atom. The molecule has 2 aliphatic heterocycles. The molecular formula is C22H24FN5O2. The van der Waals surface area contributed by atoms with Crippen molar-refractivity contribution in [3.8, 4) is 5.75 Å². The average Bonchev–Trinajstić information content (AvgIpc) is 3.31. The summed E-state index contributed by atoms with van der Waals surface area (Å²) in [5.41, 5.74) is 3.00. The highest BCUT2D eigenvalue weighted by Gasteiger charge is 2.42. The smallest absolute Gasteiger partial charge is 0.261 e. The molecule has 1 amide bonds. The van der Waals surface area contributed by atoms with Crippen LogP contribution < -0.4 is 20.3 Å². The van der Waals surface area contributed by atoms with Gasteiger partial charge in [-0.15, -0.1) is 0 Å². The standard InChI is InChI=1S/C22H24FN5O2/c1-14-11-28-12-16(19(30-2)10-20(28)25-14)21(29)26-18-4-3-15(9-17(18)23)27-8-6-22(13-27)5-7-24-22/h3-4,9-12,24H,5-8,13H2,1-2H3,(H,26,29). The van der Waals surface area contributed by atoms with Gasteiger partial charge in [0.25, 0.3) is 5.91 Å². The summed E-state index contributed by atoms with van der Waals surface area (Å²) in [7, 11) is 1.49. The molecule has 0 aliphatic carbocycles. The normalized spacial score (nSPS) is 20.6. The molecule has 2 aromatic heterocycles. The van der Waals surface area contributed by atoms with Gasteiger partial charge in [-0.2, -0.15) is 0 Å². The van der Waals surface area contributed by atoms with Crippen molar-refractivity contribution in [2.45, 2.75) is 25.3 Å². The number of aromatic nitrogens is 2. The number of pyridine rings is 1. The van der Waals surface area contributed by atoms with Crippen molar-refractivity contribution in [2.75, 3.05) is 37.0 Å². The van der Waals surface area contributed by atoms with E-state index in [0.29, 0.717) is 17.0 Å². The lowest BCUT2D eigenvalue weighted by molar-refractivity contribution is 0.102. The van der Waals surface area contributed by atoms with Gasteiger partial charge in [0, 0.05) is 42.8 Å². The van der Waals surface area contributed by atoms with Crippen LogP contribution in [0, 0.1) is 12.7 Å². The van der Waals surface area contributed by atoms with Crippen molar-refractivity contribution in [1.29, 1.82) is 0 Å². The van der Waals surface area contributed by atoms with E-state index in [1.54, 1.807) is 22.7 Å². The highest BCUT2D eigenvalue weighted by Crippen LogP contribution is 2.34. The summed E-state index contributed by atoms with van der Waals surface area (Å²) in [4.78, 5) is 19.4. The van der Waals surface area contributed by atoms with Crippen LogP contribution in [0.15, 0.2) is 36.7 Å². The molecule has 2 N–H and O–H groups in total. The zero-order valence-electron chi connectivity index (χ0n) is 17.0. The third kappa shape index (κ3) is 3.17. The predicted molar refractivity (Wildman–Crippen MR) is 113 cm³/mol. The zero-order valence-corrected chi connectivity index (χ0v) is 17.0. The van der Waals surface area contributed by atoms with Crippen molar-refractivity contribution in [3.63, 3.8) is 0 Å². The molecule has 1 unspecified atom stereocenters. The van der Waals surface area contributed by atoms with Crippen LogP contribution in [0.4, 0.5) is 15.8 Å². The maximum Gasteiger partial charge on any atom is 0.261 e. The molecule has 3 aromatic rings. The number of ether oxygens (including phenoxy) is 1. The number of carbonyl (C=O) groups excluding carboxylic acids is 1. The van der Waals surface area contributed by atoms with Gasteiger partial charge in [0.2, 0.25) is 0 Å². The van der Waals surface area contributed by atoms with E-state index in [-0.39, 0.29) is 11.2 Å². The second kappa shape index (κ2) is 6.98. The summed E-state index contributed by atoms with van der Waals surface area (Å²) in [6.07, 6.45) is 5.71. The molecule has 2 saturated heterocycles. The van der Waals surface area contributed by atoms with Crippen molar-refractivity contribution in [2.24, 2.45) is 0 Å². The SMILES string of the molecule is COc1cc2nc(C)cn2cc1C(=O)Nc1ccc(N2CCC3(CCN3)C2)cc1F. The van der Waals surface area contributed by atoms with Gasteiger partial charge in [-0.05, 0) is 44.5 Å². The lowest BCUT2D eigenvalue weighted by Crippen LogP contribution is -2.58. The number of aryl methyl sites for hydroxylation is 1. The van der Waals surface area contributed by atoms with Crippen LogP contribution in [0.1, 0.15) is 28.9 Å². The Kier molecular flexibility index (Phi) is 4.39. The van der Waals surface area contributed by atoms with E-state index in [9.17, 15) is 9.18 Å². The van der Waals surface area contributed by atoms with Crippen molar-refractivity contribution >= 4 is 22.9 Å². The summed E-state index contributed by atoms with van der Waals surface area (Å²) < 4.78 is 21.9. The molecular weight excluding hydrogens is 385 g/mol. The molecule has 0 saturated carbocycles. The number of nitrogens with one attached hydrogen (secondary N) is 2. The predicted octanol–water partition coefficient (Wildman–Crippen LogP) is 2.98. The van der Waals surface area contributed by atoms with Gasteiger partial charge in [0.15, 0.2) is 0 Å². The van der Waals surface area contributed by atoms with E-state index < -0.39 is 11.7 Å². The number of methoxy groups -OCH3 is 1. The summed E-state index contributed by atoms with van der Waals surface area (Å²) in [5, 5.41) is 6.18. The quantitative estimate of drug-likeness (QED) is 0.693. The Morgan fingerprint density at radius 1 is 1.30 bits per heavy atom. The number of anilines is 2. The third-order valence-corrected chi connectivity index (χ3v) is 6.16. The van der Waals surface area contributed by atoms with Crippen LogP contribution in [0.25, 0.3) is 5.65 Å². The number of amides is 1. The van der Waals surface area contributed by atoms with E-state index in [1.165, 1.54) is 19.6 Å². The minimum Gasteiger partial charge on any atom is -0.496 e. The minimum absolute atomic E-state index is 0.142. The lowest BCUT2D eigenvalue weighted by atomic mass is 9.87. The summed E-state index contributed by atoms with van der Waals surface area (Å²) in [5.74, 6) is -0.509. The number of hydrogen-bond donors (Lipinski definition) is 2. The number of nitrogens with zero attached hydrogens (tertiary/aromatic N) is 3. The molecule has 2 fully saturated rings. The van der Waals surface area contributed by atoms with E-state index in [1.807, 2.05) is 19.2 Å². The van der Waals surface area contributed by atoms with Crippen LogP contribution in [0.2, 0.25) is 0 Å². The number of fused-ring (bicyclic) bond motifs is 1. The molecule has 4 heterocycles. The van der Waals surface area contributed by atoms with Crippen LogP contribution in [0.5, 0.6) is 5.75 Å². The largest absolute Gasteiger partial charge is 0.496 e.